The summed E-state index contributed by atoms with van der Waals surface area (Å²) in [5.74, 6) is 2.12. The van der Waals surface area contributed by atoms with Gasteiger partial charge in [0.1, 0.15) is 29.2 Å². The van der Waals surface area contributed by atoms with Crippen LogP contribution >= 0.6 is 27.7 Å². The van der Waals surface area contributed by atoms with Gasteiger partial charge >= 0.3 is 0 Å². The Kier molecular flexibility index (Phi) is 8.66. The number of hydrogen-bond acceptors (Lipinski definition) is 7. The van der Waals surface area contributed by atoms with Crippen LogP contribution in [-0.4, -0.2) is 32.8 Å². The average Bonchev–Trinajstić information content (AvgIpc) is 3.32. The first kappa shape index (κ1) is 27.7. The van der Waals surface area contributed by atoms with Gasteiger partial charge < -0.3 is 9.47 Å². The Morgan fingerprint density at radius 1 is 1.00 bits per heavy atom. The number of thioether (sulfide) groups is 1. The highest BCUT2D eigenvalue weighted by molar-refractivity contribution is 9.10. The molecule has 0 saturated heterocycles. The van der Waals surface area contributed by atoms with E-state index < -0.39 is 5.25 Å². The maximum absolute atomic E-state index is 11.6. The third kappa shape index (κ3) is 6.29. The first-order valence-corrected chi connectivity index (χ1v) is 14.4. The number of nitrogens with zero attached hydrogens (tertiary/aromatic N) is 4. The van der Waals surface area contributed by atoms with E-state index in [-0.39, 0.29) is 11.5 Å². The van der Waals surface area contributed by atoms with Gasteiger partial charge in [0.2, 0.25) is 6.54 Å². The molecule has 0 bridgehead atoms. The number of aromatic nitrogens is 3. The number of halogens is 1. The van der Waals surface area contributed by atoms with Gasteiger partial charge in [-0.15, -0.1) is 10.2 Å². The zero-order valence-electron chi connectivity index (χ0n) is 22.0. The van der Waals surface area contributed by atoms with E-state index >= 15 is 0 Å². The van der Waals surface area contributed by atoms with Gasteiger partial charge in [0, 0.05) is 10.6 Å². The molecule has 40 heavy (non-hydrogen) atoms. The van der Waals surface area contributed by atoms with Gasteiger partial charge in [0.05, 0.1) is 11.1 Å². The molecular weight excluding hydrogens is 592 g/mol. The first-order valence-electron chi connectivity index (χ1n) is 12.8. The minimum atomic E-state index is -0.497. The summed E-state index contributed by atoms with van der Waals surface area (Å²) in [6.45, 7) is 4.50. The summed E-state index contributed by atoms with van der Waals surface area (Å²) in [6, 6.07) is 27.6. The molecule has 5 rings (SSSR count). The lowest BCUT2D eigenvalue weighted by atomic mass is 10.1. The second-order valence-electron chi connectivity index (χ2n) is 9.03. The summed E-state index contributed by atoms with van der Waals surface area (Å²) in [5, 5.41) is 22.6. The number of fused-ring (bicyclic) bond motifs is 1. The van der Waals surface area contributed by atoms with Crippen molar-refractivity contribution in [2.75, 3.05) is 13.2 Å². The number of benzene rings is 4. The van der Waals surface area contributed by atoms with Crippen LogP contribution in [0, 0.1) is 17.0 Å². The Hall–Kier alpha value is -3.89. The van der Waals surface area contributed by atoms with E-state index in [0.717, 1.165) is 37.8 Å². The van der Waals surface area contributed by atoms with E-state index in [1.807, 2.05) is 79.1 Å². The molecule has 204 valence electrons. The van der Waals surface area contributed by atoms with Crippen LogP contribution in [-0.2, 0) is 6.61 Å². The van der Waals surface area contributed by atoms with E-state index in [2.05, 4.69) is 50.4 Å². The standard InChI is InChI=1S/C30H27BrN4O4S/c1-3-38-25-14-12-24(13-15-25)35-20(2)32-33-30(35)40-29(18-34(36)37)22-11-16-28(27(31)17-22)39-19-23-9-6-8-21-7-4-5-10-26(21)23/h4-17,29H,3,18-19H2,1-2H3/t29-/m0/s1. The van der Waals surface area contributed by atoms with Crippen LogP contribution in [0.15, 0.2) is 94.6 Å². The van der Waals surface area contributed by atoms with E-state index in [1.54, 1.807) is 0 Å². The molecule has 0 radical (unpaired) electrons. The summed E-state index contributed by atoms with van der Waals surface area (Å²) in [7, 11) is 0. The van der Waals surface area contributed by atoms with Gasteiger partial charge in [-0.25, -0.2) is 0 Å². The molecule has 0 N–H and O–H groups in total. The van der Waals surface area contributed by atoms with Crippen LogP contribution in [0.4, 0.5) is 0 Å². The summed E-state index contributed by atoms with van der Waals surface area (Å²) in [5.41, 5.74) is 2.72. The highest BCUT2D eigenvalue weighted by atomic mass is 79.9. The molecule has 0 amide bonds. The molecule has 0 aliphatic heterocycles. The molecule has 0 spiro atoms. The largest absolute Gasteiger partial charge is 0.494 e. The fourth-order valence-electron chi connectivity index (χ4n) is 4.46. The van der Waals surface area contributed by atoms with E-state index in [4.69, 9.17) is 9.47 Å². The van der Waals surface area contributed by atoms with Crippen molar-refractivity contribution in [2.45, 2.75) is 30.9 Å². The zero-order valence-corrected chi connectivity index (χ0v) is 24.4. The highest BCUT2D eigenvalue weighted by Crippen LogP contribution is 2.39. The van der Waals surface area contributed by atoms with Crippen molar-refractivity contribution in [3.8, 4) is 17.2 Å². The van der Waals surface area contributed by atoms with Crippen LogP contribution in [0.2, 0.25) is 0 Å². The Morgan fingerprint density at radius 2 is 1.77 bits per heavy atom. The van der Waals surface area contributed by atoms with Crippen LogP contribution in [0.3, 0.4) is 0 Å². The van der Waals surface area contributed by atoms with Crippen LogP contribution in [0.1, 0.15) is 29.1 Å². The second-order valence-corrected chi connectivity index (χ2v) is 11.1. The van der Waals surface area contributed by atoms with Crippen molar-refractivity contribution in [3.05, 3.63) is 116 Å². The van der Waals surface area contributed by atoms with Crippen LogP contribution < -0.4 is 9.47 Å². The highest BCUT2D eigenvalue weighted by Gasteiger charge is 2.24. The molecule has 0 saturated carbocycles. The van der Waals surface area contributed by atoms with Gasteiger partial charge in [0.15, 0.2) is 5.16 Å². The molecule has 1 aromatic heterocycles. The lowest BCUT2D eigenvalue weighted by Crippen LogP contribution is -2.11. The minimum absolute atomic E-state index is 0.275. The normalized spacial score (nSPS) is 11.9. The van der Waals surface area contributed by atoms with Gasteiger partial charge in [-0.3, -0.25) is 14.7 Å². The average molecular weight is 620 g/mol. The third-order valence-corrected chi connectivity index (χ3v) is 8.15. The lowest BCUT2D eigenvalue weighted by molar-refractivity contribution is -0.479. The van der Waals surface area contributed by atoms with Crippen molar-refractivity contribution in [2.24, 2.45) is 0 Å². The smallest absolute Gasteiger partial charge is 0.220 e. The monoisotopic (exact) mass is 618 g/mol. The number of hydrogen-bond donors (Lipinski definition) is 0. The topological polar surface area (TPSA) is 92.3 Å². The maximum Gasteiger partial charge on any atom is 0.220 e. The molecule has 8 nitrogen and oxygen atoms in total. The summed E-state index contributed by atoms with van der Waals surface area (Å²) < 4.78 is 14.3. The van der Waals surface area contributed by atoms with E-state index in [1.165, 1.54) is 11.8 Å². The van der Waals surface area contributed by atoms with Crippen LogP contribution in [0.5, 0.6) is 11.5 Å². The SMILES string of the molecule is CCOc1ccc(-n2c(C)nnc2S[C@@H](C[N+](=O)[O-])c2ccc(OCc3cccc4ccccc34)c(Br)c2)cc1. The number of rotatable bonds is 11. The third-order valence-electron chi connectivity index (χ3n) is 6.35. The predicted octanol–water partition coefficient (Wildman–Crippen LogP) is 7.58. The lowest BCUT2D eigenvalue weighted by Gasteiger charge is -2.16. The fourth-order valence-corrected chi connectivity index (χ4v) is 6.13. The van der Waals surface area contributed by atoms with Crippen molar-refractivity contribution < 1.29 is 14.4 Å². The molecule has 1 heterocycles. The Bertz CT molecular complexity index is 1640. The molecule has 5 aromatic rings. The summed E-state index contributed by atoms with van der Waals surface area (Å²) in [6.07, 6.45) is 0. The van der Waals surface area contributed by atoms with Crippen molar-refractivity contribution in [3.63, 3.8) is 0 Å². The van der Waals surface area contributed by atoms with Gasteiger partial charge in [-0.05, 0) is 88.1 Å². The second kappa shape index (κ2) is 12.5. The predicted molar refractivity (Wildman–Crippen MR) is 160 cm³/mol. The quantitative estimate of drug-likeness (QED) is 0.0855. The molecule has 0 aliphatic rings. The molecule has 4 aromatic carbocycles. The first-order chi connectivity index (χ1) is 19.4. The van der Waals surface area contributed by atoms with Crippen molar-refractivity contribution in [1.29, 1.82) is 0 Å². The summed E-state index contributed by atoms with van der Waals surface area (Å²) in [4.78, 5) is 11.3. The maximum atomic E-state index is 11.6. The van der Waals surface area contributed by atoms with Gasteiger partial charge in [-0.1, -0.05) is 60.3 Å². The van der Waals surface area contributed by atoms with Gasteiger partial charge in [-0.2, -0.15) is 0 Å². The van der Waals surface area contributed by atoms with E-state index in [0.29, 0.717) is 29.9 Å². The fraction of sp³-hybridized carbons (Fsp3) is 0.200. The van der Waals surface area contributed by atoms with Gasteiger partial charge in [0.25, 0.3) is 0 Å². The summed E-state index contributed by atoms with van der Waals surface area (Å²) >= 11 is 4.92. The molecular formula is C30H27BrN4O4S. The Labute approximate surface area is 244 Å². The molecule has 1 atom stereocenters. The Balaban J connectivity index is 1.37. The number of ether oxygens (including phenoxy) is 2. The molecule has 0 fully saturated rings. The molecule has 0 unspecified atom stereocenters. The van der Waals surface area contributed by atoms with E-state index in [9.17, 15) is 10.1 Å². The molecule has 0 aliphatic carbocycles. The molecule has 10 heteroatoms. The zero-order chi connectivity index (χ0) is 28.1. The van der Waals surface area contributed by atoms with Crippen molar-refractivity contribution >= 4 is 38.5 Å². The Morgan fingerprint density at radius 3 is 2.52 bits per heavy atom. The minimum Gasteiger partial charge on any atom is -0.494 e. The number of aryl methyl sites for hydroxylation is 1. The van der Waals surface area contributed by atoms with Crippen molar-refractivity contribution in [1.82, 2.24) is 14.8 Å². The number of nitro groups is 1. The van der Waals surface area contributed by atoms with Crippen LogP contribution in [0.25, 0.3) is 16.5 Å².